The van der Waals surface area contributed by atoms with Gasteiger partial charge in [-0.2, -0.15) is 0 Å². The van der Waals surface area contributed by atoms with Crippen molar-refractivity contribution in [3.05, 3.63) is 0 Å². The zero-order chi connectivity index (χ0) is 13.2. The van der Waals surface area contributed by atoms with Crippen molar-refractivity contribution in [3.8, 4) is 0 Å². The molecule has 0 radical (unpaired) electrons. The minimum Gasteiger partial charge on any atom is -0.328 e. The molecule has 3 N–H and O–H groups in total. The van der Waals surface area contributed by atoms with Crippen LogP contribution in [-0.2, 0) is 0 Å². The first-order valence-corrected chi connectivity index (χ1v) is 7.97. The first-order valence-electron chi connectivity index (χ1n) is 7.97. The Hall–Kier alpha value is -0.0800. The normalized spacial score (nSPS) is 38.7. The minimum atomic E-state index is 0.472. The third-order valence-electron chi connectivity index (χ3n) is 5.20. The van der Waals surface area contributed by atoms with Gasteiger partial charge in [0.25, 0.3) is 0 Å². The van der Waals surface area contributed by atoms with E-state index in [0.717, 1.165) is 18.0 Å². The molecule has 0 unspecified atom stereocenters. The Bertz CT molecular complexity index is 240. The fraction of sp³-hybridized carbons (Fsp3) is 1.00. The predicted octanol–water partition coefficient (Wildman–Crippen LogP) is 3.45. The lowest BCUT2D eigenvalue weighted by atomic mass is 9.71. The second-order valence-corrected chi connectivity index (χ2v) is 7.69. The molecule has 0 aromatic carbocycles. The van der Waals surface area contributed by atoms with E-state index in [0.29, 0.717) is 11.5 Å². The largest absolute Gasteiger partial charge is 0.328 e. The van der Waals surface area contributed by atoms with E-state index < -0.39 is 0 Å². The highest BCUT2D eigenvalue weighted by Crippen LogP contribution is 2.38. The average Bonchev–Trinajstić information content (AvgIpc) is 2.32. The summed E-state index contributed by atoms with van der Waals surface area (Å²) in [6.07, 6.45) is 10.6. The van der Waals surface area contributed by atoms with E-state index in [9.17, 15) is 0 Å². The molecule has 0 spiro atoms. The standard InChI is InChI=1S/C16H32N2/c1-16(2,3)12-4-8-14(9-5-12)18-15-10-6-13(17)7-11-15/h12-15,18H,4-11,17H2,1-3H3. The molecular formula is C16H32N2. The Balaban J connectivity index is 1.70. The van der Waals surface area contributed by atoms with Crippen molar-refractivity contribution in [2.24, 2.45) is 17.1 Å². The molecule has 0 aromatic rings. The molecule has 106 valence electrons. The first-order chi connectivity index (χ1) is 8.45. The van der Waals surface area contributed by atoms with Gasteiger partial charge in [-0.1, -0.05) is 20.8 Å². The van der Waals surface area contributed by atoms with Gasteiger partial charge in [0, 0.05) is 18.1 Å². The Morgan fingerprint density at radius 2 is 1.22 bits per heavy atom. The van der Waals surface area contributed by atoms with Gasteiger partial charge in [0.05, 0.1) is 0 Å². The van der Waals surface area contributed by atoms with Crippen LogP contribution in [0.5, 0.6) is 0 Å². The molecule has 2 rings (SSSR count). The van der Waals surface area contributed by atoms with Crippen molar-refractivity contribution < 1.29 is 0 Å². The van der Waals surface area contributed by atoms with Crippen molar-refractivity contribution in [2.75, 3.05) is 0 Å². The van der Waals surface area contributed by atoms with Crippen LogP contribution in [0.4, 0.5) is 0 Å². The third-order valence-corrected chi connectivity index (χ3v) is 5.20. The van der Waals surface area contributed by atoms with Gasteiger partial charge in [0.1, 0.15) is 0 Å². The molecule has 0 saturated heterocycles. The summed E-state index contributed by atoms with van der Waals surface area (Å²) in [5, 5.41) is 3.89. The van der Waals surface area contributed by atoms with E-state index in [1.807, 2.05) is 0 Å². The maximum Gasteiger partial charge on any atom is 0.00708 e. The fourth-order valence-corrected chi connectivity index (χ4v) is 3.75. The Morgan fingerprint density at radius 1 is 0.778 bits per heavy atom. The van der Waals surface area contributed by atoms with Crippen molar-refractivity contribution in [2.45, 2.75) is 90.3 Å². The van der Waals surface area contributed by atoms with E-state index in [-0.39, 0.29) is 0 Å². The molecule has 18 heavy (non-hydrogen) atoms. The molecule has 0 aromatic heterocycles. The van der Waals surface area contributed by atoms with Crippen LogP contribution in [0.15, 0.2) is 0 Å². The first kappa shape index (κ1) is 14.3. The van der Waals surface area contributed by atoms with Crippen molar-refractivity contribution in [1.82, 2.24) is 5.32 Å². The van der Waals surface area contributed by atoms with E-state index in [2.05, 4.69) is 26.1 Å². The van der Waals surface area contributed by atoms with Crippen LogP contribution in [0, 0.1) is 11.3 Å². The predicted molar refractivity (Wildman–Crippen MR) is 78.6 cm³/mol. The second-order valence-electron chi connectivity index (χ2n) is 7.69. The summed E-state index contributed by atoms with van der Waals surface area (Å²) >= 11 is 0. The van der Waals surface area contributed by atoms with Crippen LogP contribution in [0.2, 0.25) is 0 Å². The van der Waals surface area contributed by atoms with Crippen LogP contribution in [0.3, 0.4) is 0 Å². The third kappa shape index (κ3) is 3.96. The van der Waals surface area contributed by atoms with Crippen molar-refractivity contribution in [1.29, 1.82) is 0 Å². The summed E-state index contributed by atoms with van der Waals surface area (Å²) < 4.78 is 0. The summed E-state index contributed by atoms with van der Waals surface area (Å²) in [6.45, 7) is 7.19. The molecule has 2 aliphatic rings. The van der Waals surface area contributed by atoms with E-state index in [1.54, 1.807) is 0 Å². The zero-order valence-electron chi connectivity index (χ0n) is 12.5. The van der Waals surface area contributed by atoms with Gasteiger partial charge < -0.3 is 11.1 Å². The van der Waals surface area contributed by atoms with E-state index in [4.69, 9.17) is 5.73 Å². The highest BCUT2D eigenvalue weighted by molar-refractivity contribution is 4.87. The molecule has 2 saturated carbocycles. The molecule has 2 nitrogen and oxygen atoms in total. The van der Waals surface area contributed by atoms with Crippen LogP contribution in [-0.4, -0.2) is 18.1 Å². The van der Waals surface area contributed by atoms with Crippen LogP contribution >= 0.6 is 0 Å². The number of hydrogen-bond acceptors (Lipinski definition) is 2. The monoisotopic (exact) mass is 252 g/mol. The lowest BCUT2D eigenvalue weighted by Crippen LogP contribution is -2.44. The lowest BCUT2D eigenvalue weighted by molar-refractivity contribution is 0.152. The van der Waals surface area contributed by atoms with Crippen molar-refractivity contribution >= 4 is 0 Å². The number of nitrogens with two attached hydrogens (primary N) is 1. The van der Waals surface area contributed by atoms with Gasteiger partial charge >= 0.3 is 0 Å². The summed E-state index contributed by atoms with van der Waals surface area (Å²) in [5.41, 5.74) is 6.47. The van der Waals surface area contributed by atoms with Gasteiger partial charge in [-0.3, -0.25) is 0 Å². The van der Waals surface area contributed by atoms with Crippen LogP contribution in [0.25, 0.3) is 0 Å². The Labute approximate surface area is 113 Å². The SMILES string of the molecule is CC(C)(C)C1CCC(NC2CCC(N)CC2)CC1. The fourth-order valence-electron chi connectivity index (χ4n) is 3.75. The smallest absolute Gasteiger partial charge is 0.00708 e. The molecule has 2 heteroatoms. The Morgan fingerprint density at radius 3 is 1.67 bits per heavy atom. The topological polar surface area (TPSA) is 38.0 Å². The molecule has 0 heterocycles. The maximum absolute atomic E-state index is 5.97. The highest BCUT2D eigenvalue weighted by Gasteiger charge is 2.30. The maximum atomic E-state index is 5.97. The zero-order valence-corrected chi connectivity index (χ0v) is 12.5. The van der Waals surface area contributed by atoms with E-state index >= 15 is 0 Å². The van der Waals surface area contributed by atoms with E-state index in [1.165, 1.54) is 51.4 Å². The second kappa shape index (κ2) is 5.92. The molecule has 0 atom stereocenters. The van der Waals surface area contributed by atoms with Gasteiger partial charge in [0.2, 0.25) is 0 Å². The molecule has 2 aliphatic carbocycles. The van der Waals surface area contributed by atoms with Crippen LogP contribution < -0.4 is 11.1 Å². The van der Waals surface area contributed by atoms with Gasteiger partial charge in [-0.25, -0.2) is 0 Å². The summed E-state index contributed by atoms with van der Waals surface area (Å²) in [5.74, 6) is 0.926. The Kier molecular flexibility index (Phi) is 4.71. The van der Waals surface area contributed by atoms with Gasteiger partial charge in [-0.15, -0.1) is 0 Å². The molecule has 2 fully saturated rings. The number of nitrogens with one attached hydrogen (secondary N) is 1. The molecular weight excluding hydrogens is 220 g/mol. The van der Waals surface area contributed by atoms with Gasteiger partial charge in [-0.05, 0) is 62.7 Å². The highest BCUT2D eigenvalue weighted by atomic mass is 15.0. The molecule has 0 amide bonds. The quantitative estimate of drug-likeness (QED) is 0.790. The number of hydrogen-bond donors (Lipinski definition) is 2. The summed E-state index contributed by atoms with van der Waals surface area (Å²) in [7, 11) is 0. The molecule has 0 bridgehead atoms. The van der Waals surface area contributed by atoms with Crippen molar-refractivity contribution in [3.63, 3.8) is 0 Å². The average molecular weight is 252 g/mol. The summed E-state index contributed by atoms with van der Waals surface area (Å²) in [6, 6.07) is 2.00. The minimum absolute atomic E-state index is 0.472. The lowest BCUT2D eigenvalue weighted by Gasteiger charge is -2.39. The van der Waals surface area contributed by atoms with Gasteiger partial charge in [0.15, 0.2) is 0 Å². The van der Waals surface area contributed by atoms with Crippen LogP contribution in [0.1, 0.15) is 72.1 Å². The molecule has 0 aliphatic heterocycles. The number of rotatable bonds is 2. The summed E-state index contributed by atoms with van der Waals surface area (Å²) in [4.78, 5) is 0.